The Labute approximate surface area is 182 Å². The van der Waals surface area contributed by atoms with Gasteiger partial charge in [-0.15, -0.1) is 0 Å². The Morgan fingerprint density at radius 3 is 2.57 bits per heavy atom. The lowest BCUT2D eigenvalue weighted by atomic mass is 9.43. The first-order chi connectivity index (χ1) is 14.1. The monoisotopic (exact) mass is 421 g/mol. The van der Waals surface area contributed by atoms with Crippen LogP contribution in [0, 0.1) is 46.3 Å². The topological polar surface area (TPSA) is 92.8 Å². The van der Waals surface area contributed by atoms with Crippen LogP contribution in [0.5, 0.6) is 0 Å². The largest absolute Gasteiger partial charge is 0.469 e. The molecule has 0 aliphatic heterocycles. The molecule has 11 atom stereocenters. The number of aliphatic hydroxyl groups is 2. The normalized spacial score (nSPS) is 51.4. The summed E-state index contributed by atoms with van der Waals surface area (Å²) < 4.78 is 4.84. The van der Waals surface area contributed by atoms with Crippen LogP contribution in [0.1, 0.15) is 78.6 Å². The lowest BCUT2D eigenvalue weighted by molar-refractivity contribution is -0.202. The molecule has 4 aliphatic carbocycles. The van der Waals surface area contributed by atoms with E-state index in [1.165, 1.54) is 7.11 Å². The van der Waals surface area contributed by atoms with Gasteiger partial charge in [0.05, 0.1) is 19.3 Å². The molecule has 30 heavy (non-hydrogen) atoms. The second-order valence-corrected chi connectivity index (χ2v) is 11.7. The van der Waals surface area contributed by atoms with Crippen LogP contribution >= 0.6 is 0 Å². The molecule has 4 saturated carbocycles. The summed E-state index contributed by atoms with van der Waals surface area (Å²) in [5.74, 6) is 2.11. The number of carbonyl (C=O) groups is 1. The van der Waals surface area contributed by atoms with Crippen LogP contribution in [-0.2, 0) is 9.53 Å². The van der Waals surface area contributed by atoms with E-state index in [-0.39, 0.29) is 41.0 Å². The molecule has 0 aromatic rings. The van der Waals surface area contributed by atoms with Gasteiger partial charge in [0.25, 0.3) is 0 Å². The molecule has 0 aromatic heterocycles. The van der Waals surface area contributed by atoms with Crippen molar-refractivity contribution in [2.24, 2.45) is 52.1 Å². The number of rotatable bonds is 4. The summed E-state index contributed by atoms with van der Waals surface area (Å²) in [6.45, 7) is 6.94. The molecule has 5 nitrogen and oxygen atoms in total. The third-order valence-corrected chi connectivity index (χ3v) is 10.6. The second-order valence-electron chi connectivity index (χ2n) is 11.7. The molecule has 4 fully saturated rings. The van der Waals surface area contributed by atoms with Crippen LogP contribution in [0.25, 0.3) is 0 Å². The number of nitrogens with two attached hydrogens (primary N) is 1. The van der Waals surface area contributed by atoms with Gasteiger partial charge in [-0.3, -0.25) is 4.79 Å². The van der Waals surface area contributed by atoms with Gasteiger partial charge in [-0.25, -0.2) is 0 Å². The van der Waals surface area contributed by atoms with E-state index in [1.54, 1.807) is 0 Å². The van der Waals surface area contributed by atoms with Gasteiger partial charge in [0.2, 0.25) is 0 Å². The smallest absolute Gasteiger partial charge is 0.305 e. The molecular weight excluding hydrogens is 378 g/mol. The molecule has 6 unspecified atom stereocenters. The molecule has 0 radical (unpaired) electrons. The number of fused-ring (bicyclic) bond motifs is 5. The van der Waals surface area contributed by atoms with Gasteiger partial charge in [-0.1, -0.05) is 20.8 Å². The van der Waals surface area contributed by atoms with Crippen molar-refractivity contribution in [3.8, 4) is 0 Å². The van der Waals surface area contributed by atoms with E-state index < -0.39 is 0 Å². The molecule has 172 valence electrons. The maximum absolute atomic E-state index is 11.7. The fourth-order valence-electron chi connectivity index (χ4n) is 8.84. The van der Waals surface area contributed by atoms with Crippen LogP contribution in [0.2, 0.25) is 0 Å². The maximum atomic E-state index is 11.7. The first kappa shape index (κ1) is 22.5. The number of aliphatic hydroxyl groups excluding tert-OH is 2. The van der Waals surface area contributed by atoms with E-state index in [4.69, 9.17) is 10.5 Å². The second kappa shape index (κ2) is 8.04. The zero-order valence-corrected chi connectivity index (χ0v) is 19.3. The van der Waals surface area contributed by atoms with Crippen molar-refractivity contribution in [3.05, 3.63) is 0 Å². The highest BCUT2D eigenvalue weighted by Gasteiger charge is 2.65. The zero-order chi connectivity index (χ0) is 21.8. The molecule has 0 saturated heterocycles. The van der Waals surface area contributed by atoms with Crippen molar-refractivity contribution in [1.82, 2.24) is 0 Å². The summed E-state index contributed by atoms with van der Waals surface area (Å²) in [4.78, 5) is 11.7. The van der Waals surface area contributed by atoms with Gasteiger partial charge in [0.15, 0.2) is 0 Å². The Morgan fingerprint density at radius 1 is 1.13 bits per heavy atom. The molecule has 4 rings (SSSR count). The Morgan fingerprint density at radius 2 is 1.87 bits per heavy atom. The molecule has 4 aliphatic rings. The van der Waals surface area contributed by atoms with Crippen LogP contribution in [0.15, 0.2) is 0 Å². The van der Waals surface area contributed by atoms with Gasteiger partial charge < -0.3 is 20.7 Å². The molecule has 5 heteroatoms. The van der Waals surface area contributed by atoms with E-state index in [0.717, 1.165) is 51.4 Å². The quantitative estimate of drug-likeness (QED) is 0.604. The van der Waals surface area contributed by atoms with Crippen LogP contribution < -0.4 is 5.73 Å². The highest BCUT2D eigenvalue weighted by molar-refractivity contribution is 5.69. The van der Waals surface area contributed by atoms with Gasteiger partial charge in [0, 0.05) is 12.5 Å². The number of ether oxygens (including phenoxy) is 1. The predicted octanol–water partition coefficient (Wildman–Crippen LogP) is 3.50. The summed E-state index contributed by atoms with van der Waals surface area (Å²) in [5.41, 5.74) is 6.31. The van der Waals surface area contributed by atoms with Gasteiger partial charge in [-0.05, 0) is 97.7 Å². The molecule has 0 spiro atoms. The Balaban J connectivity index is 1.58. The van der Waals surface area contributed by atoms with Gasteiger partial charge >= 0.3 is 5.97 Å². The van der Waals surface area contributed by atoms with Crippen LogP contribution in [0.3, 0.4) is 0 Å². The summed E-state index contributed by atoms with van der Waals surface area (Å²) in [6, 6.07) is 0.261. The predicted molar refractivity (Wildman–Crippen MR) is 116 cm³/mol. The van der Waals surface area contributed by atoms with Gasteiger partial charge in [0.1, 0.15) is 0 Å². The average Bonchev–Trinajstić information content (AvgIpc) is 3.06. The fourth-order valence-corrected chi connectivity index (χ4v) is 8.84. The lowest BCUT2D eigenvalue weighted by Crippen LogP contribution is -2.62. The van der Waals surface area contributed by atoms with E-state index in [0.29, 0.717) is 36.0 Å². The molecule has 4 N–H and O–H groups in total. The van der Waals surface area contributed by atoms with Crippen LogP contribution in [0.4, 0.5) is 0 Å². The molecule has 0 amide bonds. The molecule has 0 aromatic carbocycles. The Kier molecular flexibility index (Phi) is 6.04. The SMILES string of the molecule is COC(=O)CCC(C)[C@H]1CCC2C3C(O)CC4C[C@@H](N)CC[C@]4(C)C3C[C@H](O)[C@@]21C. The standard InChI is InChI=1S/C25H43NO4/c1-14(5-8-22(29)30-4)17-6-7-18-23-19(13-21(28)25(17,18)3)24(2)10-9-16(26)11-15(24)12-20(23)27/h14-21,23,27-28H,5-13,26H2,1-4H3/t14?,15?,16-,17+,18?,19?,20?,21-,23?,24-,25+/m0/s1. The number of hydrogen-bond acceptors (Lipinski definition) is 5. The Bertz CT molecular complexity index is 655. The first-order valence-corrected chi connectivity index (χ1v) is 12.3. The molecule has 0 bridgehead atoms. The number of carbonyl (C=O) groups excluding carboxylic acids is 1. The average molecular weight is 422 g/mol. The molecular formula is C25H43NO4. The number of methoxy groups -OCH3 is 1. The van der Waals surface area contributed by atoms with Crippen molar-refractivity contribution in [2.45, 2.75) is 96.8 Å². The van der Waals surface area contributed by atoms with Crippen molar-refractivity contribution < 1.29 is 19.7 Å². The van der Waals surface area contributed by atoms with Crippen molar-refractivity contribution >= 4 is 5.97 Å². The van der Waals surface area contributed by atoms with Crippen molar-refractivity contribution in [2.75, 3.05) is 7.11 Å². The minimum atomic E-state index is -0.338. The van der Waals surface area contributed by atoms with Gasteiger partial charge in [-0.2, -0.15) is 0 Å². The summed E-state index contributed by atoms with van der Waals surface area (Å²) >= 11 is 0. The highest BCUT2D eigenvalue weighted by atomic mass is 16.5. The van der Waals surface area contributed by atoms with Crippen molar-refractivity contribution in [1.29, 1.82) is 0 Å². The minimum absolute atomic E-state index is 0.150. The lowest BCUT2D eigenvalue weighted by Gasteiger charge is -2.63. The Hall–Kier alpha value is -0.650. The summed E-state index contributed by atoms with van der Waals surface area (Å²) in [7, 11) is 1.45. The molecule has 0 heterocycles. The number of esters is 1. The summed E-state index contributed by atoms with van der Waals surface area (Å²) in [5, 5.41) is 22.9. The van der Waals surface area contributed by atoms with E-state index in [2.05, 4.69) is 20.8 Å². The first-order valence-electron chi connectivity index (χ1n) is 12.3. The van der Waals surface area contributed by atoms with Crippen molar-refractivity contribution in [3.63, 3.8) is 0 Å². The fraction of sp³-hybridized carbons (Fsp3) is 0.960. The summed E-state index contributed by atoms with van der Waals surface area (Å²) in [6.07, 6.45) is 7.69. The van der Waals surface area contributed by atoms with E-state index in [1.807, 2.05) is 0 Å². The van der Waals surface area contributed by atoms with E-state index >= 15 is 0 Å². The highest BCUT2D eigenvalue weighted by Crippen LogP contribution is 2.68. The third kappa shape index (κ3) is 3.34. The minimum Gasteiger partial charge on any atom is -0.469 e. The van der Waals surface area contributed by atoms with E-state index in [9.17, 15) is 15.0 Å². The van der Waals surface area contributed by atoms with Crippen LogP contribution in [-0.4, -0.2) is 41.5 Å². The third-order valence-electron chi connectivity index (χ3n) is 10.6. The zero-order valence-electron chi connectivity index (χ0n) is 19.3. The number of hydrogen-bond donors (Lipinski definition) is 3. The maximum Gasteiger partial charge on any atom is 0.305 e.